The van der Waals surface area contributed by atoms with Crippen molar-refractivity contribution in [3.8, 4) is 11.1 Å². The molecule has 2 aromatic rings. The highest BCUT2D eigenvalue weighted by Gasteiger charge is 2.30. The van der Waals surface area contributed by atoms with E-state index in [4.69, 9.17) is 5.73 Å². The number of hydrogen-bond donors (Lipinski definition) is 2. The molecule has 1 amide bonds. The van der Waals surface area contributed by atoms with E-state index in [9.17, 15) is 18.0 Å². The first kappa shape index (κ1) is 15.9. The molecular formula is C16H13F3N2OS. The number of nitrogens with two attached hydrogens (primary N) is 1. The Labute approximate surface area is 135 Å². The van der Waals surface area contributed by atoms with Gasteiger partial charge in [0.25, 0.3) is 0 Å². The minimum atomic E-state index is -4.34. The Morgan fingerprint density at radius 3 is 2.39 bits per heavy atom. The number of hydrogen-bond acceptors (Lipinski definition) is 3. The second kappa shape index (κ2) is 5.90. The summed E-state index contributed by atoms with van der Waals surface area (Å²) in [4.78, 5) is 12.6. The lowest BCUT2D eigenvalue weighted by atomic mass is 10.0. The quantitative estimate of drug-likeness (QED) is 0.833. The molecule has 0 fully saturated rings. The van der Waals surface area contributed by atoms with Gasteiger partial charge in [-0.15, -0.1) is 11.8 Å². The summed E-state index contributed by atoms with van der Waals surface area (Å²) in [5.41, 5.74) is 7.19. The molecule has 2 aromatic carbocycles. The van der Waals surface area contributed by atoms with Gasteiger partial charge in [0.1, 0.15) is 0 Å². The Morgan fingerprint density at radius 1 is 1.09 bits per heavy atom. The summed E-state index contributed by atoms with van der Waals surface area (Å²) in [6, 6.07) is 9.78. The van der Waals surface area contributed by atoms with Gasteiger partial charge in [0, 0.05) is 10.6 Å². The zero-order chi connectivity index (χ0) is 16.6. The molecule has 0 saturated heterocycles. The molecule has 3 rings (SSSR count). The Balaban J connectivity index is 1.92. The van der Waals surface area contributed by atoms with Gasteiger partial charge in [-0.1, -0.05) is 18.2 Å². The zero-order valence-corrected chi connectivity index (χ0v) is 12.7. The summed E-state index contributed by atoms with van der Waals surface area (Å²) in [6.45, 7) is 0. The van der Waals surface area contributed by atoms with Crippen molar-refractivity contribution in [1.82, 2.24) is 0 Å². The molecule has 0 saturated carbocycles. The Hall–Kier alpha value is -1.99. The van der Waals surface area contributed by atoms with Gasteiger partial charge in [-0.25, -0.2) is 0 Å². The van der Waals surface area contributed by atoms with Gasteiger partial charge in [0.15, 0.2) is 0 Å². The second-order valence-corrected chi connectivity index (χ2v) is 6.25. The van der Waals surface area contributed by atoms with E-state index in [1.807, 2.05) is 6.07 Å². The lowest BCUT2D eigenvalue weighted by Crippen LogP contribution is -2.36. The molecule has 1 aliphatic heterocycles. The van der Waals surface area contributed by atoms with Crippen molar-refractivity contribution < 1.29 is 18.0 Å². The maximum absolute atomic E-state index is 12.6. The van der Waals surface area contributed by atoms with E-state index in [-0.39, 0.29) is 5.91 Å². The first-order chi connectivity index (χ1) is 10.8. The van der Waals surface area contributed by atoms with Crippen molar-refractivity contribution in [2.75, 3.05) is 11.1 Å². The van der Waals surface area contributed by atoms with Crippen LogP contribution in [0.5, 0.6) is 0 Å². The molecule has 23 heavy (non-hydrogen) atoms. The molecule has 7 heteroatoms. The monoisotopic (exact) mass is 338 g/mol. The van der Waals surface area contributed by atoms with Gasteiger partial charge < -0.3 is 11.1 Å². The number of amides is 1. The van der Waals surface area contributed by atoms with Crippen molar-refractivity contribution in [1.29, 1.82) is 0 Å². The third-order valence-electron chi connectivity index (χ3n) is 3.54. The highest BCUT2D eigenvalue weighted by atomic mass is 32.2. The van der Waals surface area contributed by atoms with Crippen LogP contribution in [0.3, 0.4) is 0 Å². The van der Waals surface area contributed by atoms with Crippen molar-refractivity contribution >= 4 is 23.4 Å². The highest BCUT2D eigenvalue weighted by molar-refractivity contribution is 7.99. The molecule has 0 spiro atoms. The van der Waals surface area contributed by atoms with Crippen LogP contribution in [-0.4, -0.2) is 17.7 Å². The number of benzene rings is 2. The average Bonchev–Trinajstić information content (AvgIpc) is 2.66. The maximum atomic E-state index is 12.6. The van der Waals surface area contributed by atoms with E-state index in [1.54, 1.807) is 12.1 Å². The van der Waals surface area contributed by atoms with E-state index in [2.05, 4.69) is 5.32 Å². The van der Waals surface area contributed by atoms with E-state index in [0.717, 1.165) is 22.6 Å². The molecular weight excluding hydrogens is 325 g/mol. The number of anilines is 1. The predicted molar refractivity (Wildman–Crippen MR) is 84.2 cm³/mol. The SMILES string of the molecule is NC1CSc2cc(-c3ccc(C(F)(F)F)cc3)ccc2NC1=O. The third-order valence-corrected chi connectivity index (χ3v) is 4.71. The summed E-state index contributed by atoms with van der Waals surface area (Å²) < 4.78 is 37.8. The number of carbonyl (C=O) groups is 1. The predicted octanol–water partition coefficient (Wildman–Crippen LogP) is 3.74. The highest BCUT2D eigenvalue weighted by Crippen LogP contribution is 2.35. The lowest BCUT2D eigenvalue weighted by molar-refractivity contribution is -0.137. The zero-order valence-electron chi connectivity index (χ0n) is 11.9. The fraction of sp³-hybridized carbons (Fsp3) is 0.188. The van der Waals surface area contributed by atoms with E-state index < -0.39 is 17.8 Å². The molecule has 0 radical (unpaired) electrons. The van der Waals surface area contributed by atoms with Crippen LogP contribution < -0.4 is 11.1 Å². The standard InChI is InChI=1S/C16H13F3N2OS/c17-16(18,19)11-4-1-9(2-5-11)10-3-6-13-14(7-10)23-8-12(20)15(22)21-13/h1-7,12H,8,20H2,(H,21,22). The first-order valence-electron chi connectivity index (χ1n) is 6.85. The molecule has 120 valence electrons. The van der Waals surface area contributed by atoms with Crippen LogP contribution in [0.15, 0.2) is 47.4 Å². The van der Waals surface area contributed by atoms with Gasteiger partial charge in [-0.05, 0) is 35.4 Å². The number of carbonyl (C=O) groups excluding carboxylic acids is 1. The smallest absolute Gasteiger partial charge is 0.324 e. The number of halogens is 3. The van der Waals surface area contributed by atoms with Crippen molar-refractivity contribution in [3.05, 3.63) is 48.0 Å². The summed E-state index contributed by atoms with van der Waals surface area (Å²) in [5, 5.41) is 2.75. The number of thioether (sulfide) groups is 1. The molecule has 1 unspecified atom stereocenters. The van der Waals surface area contributed by atoms with Crippen molar-refractivity contribution in [2.24, 2.45) is 5.73 Å². The molecule has 3 N–H and O–H groups in total. The van der Waals surface area contributed by atoms with Crippen LogP contribution in [0.25, 0.3) is 11.1 Å². The normalized spacial score (nSPS) is 18.1. The van der Waals surface area contributed by atoms with Crippen molar-refractivity contribution in [3.63, 3.8) is 0 Å². The third kappa shape index (κ3) is 3.35. The molecule has 0 bridgehead atoms. The van der Waals surface area contributed by atoms with E-state index in [0.29, 0.717) is 17.0 Å². The summed E-state index contributed by atoms with van der Waals surface area (Å²) in [5.74, 6) is 0.216. The second-order valence-electron chi connectivity index (χ2n) is 5.19. The largest absolute Gasteiger partial charge is 0.416 e. The molecule has 1 atom stereocenters. The fourth-order valence-corrected chi connectivity index (χ4v) is 3.25. The van der Waals surface area contributed by atoms with Crippen LogP contribution in [0.2, 0.25) is 0 Å². The first-order valence-corrected chi connectivity index (χ1v) is 7.84. The molecule has 0 aromatic heterocycles. The van der Waals surface area contributed by atoms with E-state index in [1.165, 1.54) is 23.9 Å². The van der Waals surface area contributed by atoms with Gasteiger partial charge in [-0.2, -0.15) is 13.2 Å². The van der Waals surface area contributed by atoms with Crippen LogP contribution in [-0.2, 0) is 11.0 Å². The van der Waals surface area contributed by atoms with Crippen LogP contribution in [0.1, 0.15) is 5.56 Å². The average molecular weight is 338 g/mol. The summed E-state index contributed by atoms with van der Waals surface area (Å²) in [7, 11) is 0. The molecule has 1 aliphatic rings. The van der Waals surface area contributed by atoms with Crippen LogP contribution in [0.4, 0.5) is 18.9 Å². The topological polar surface area (TPSA) is 55.1 Å². The number of alkyl halides is 3. The van der Waals surface area contributed by atoms with Gasteiger partial charge >= 0.3 is 6.18 Å². The Bertz CT molecular complexity index is 744. The minimum Gasteiger partial charge on any atom is -0.324 e. The van der Waals surface area contributed by atoms with Crippen LogP contribution >= 0.6 is 11.8 Å². The summed E-state index contributed by atoms with van der Waals surface area (Å²) >= 11 is 1.45. The fourth-order valence-electron chi connectivity index (χ4n) is 2.26. The lowest BCUT2D eigenvalue weighted by Gasteiger charge is -2.10. The maximum Gasteiger partial charge on any atom is 0.416 e. The number of nitrogens with one attached hydrogen (secondary N) is 1. The molecule has 0 aliphatic carbocycles. The summed E-state index contributed by atoms with van der Waals surface area (Å²) in [6.07, 6.45) is -4.34. The van der Waals surface area contributed by atoms with Gasteiger partial charge in [0.2, 0.25) is 5.91 Å². The Kier molecular flexibility index (Phi) is 4.08. The van der Waals surface area contributed by atoms with Crippen molar-refractivity contribution in [2.45, 2.75) is 17.1 Å². The van der Waals surface area contributed by atoms with Crippen LogP contribution in [0, 0.1) is 0 Å². The van der Waals surface area contributed by atoms with E-state index >= 15 is 0 Å². The number of rotatable bonds is 1. The molecule has 1 heterocycles. The van der Waals surface area contributed by atoms with Gasteiger partial charge in [0.05, 0.1) is 17.3 Å². The van der Waals surface area contributed by atoms with Gasteiger partial charge in [-0.3, -0.25) is 4.79 Å². The Morgan fingerprint density at radius 2 is 1.74 bits per heavy atom. The molecule has 3 nitrogen and oxygen atoms in total. The minimum absolute atomic E-state index is 0.237. The number of fused-ring (bicyclic) bond motifs is 1.